The number of rotatable bonds is 1. The third kappa shape index (κ3) is 2.41. The van der Waals surface area contributed by atoms with Gasteiger partial charge in [-0.1, -0.05) is 6.58 Å². The van der Waals surface area contributed by atoms with Crippen LogP contribution in [0.1, 0.15) is 6.42 Å². The number of hydrogen-bond acceptors (Lipinski definition) is 4. The molecule has 0 amide bonds. The van der Waals surface area contributed by atoms with Gasteiger partial charge in [-0.25, -0.2) is 0 Å². The van der Waals surface area contributed by atoms with Crippen molar-refractivity contribution < 1.29 is 9.53 Å². The maximum absolute atomic E-state index is 9.06. The third-order valence-electron chi connectivity index (χ3n) is 1.91. The summed E-state index contributed by atoms with van der Waals surface area (Å²) >= 11 is 0. The Morgan fingerprint density at radius 3 is 2.33 bits per heavy atom. The molecular weight excluding hydrogens is 156 g/mol. The molecule has 68 valence electrons. The monoisotopic (exact) mass is 170 g/mol. The van der Waals surface area contributed by atoms with Crippen LogP contribution in [0.3, 0.4) is 0 Å². The Morgan fingerprint density at radius 2 is 2.08 bits per heavy atom. The zero-order chi connectivity index (χ0) is 8.81. The molecule has 4 heteroatoms. The highest BCUT2D eigenvalue weighted by atomic mass is 16.5. The van der Waals surface area contributed by atoms with Gasteiger partial charge in [0.1, 0.15) is 6.29 Å². The van der Waals surface area contributed by atoms with Crippen LogP contribution in [-0.2, 0) is 9.53 Å². The average molecular weight is 170 g/mol. The second kappa shape index (κ2) is 5.03. The van der Waals surface area contributed by atoms with Crippen molar-refractivity contribution in [3.8, 4) is 0 Å². The zero-order valence-corrected chi connectivity index (χ0v) is 6.95. The summed E-state index contributed by atoms with van der Waals surface area (Å²) in [7, 11) is 0. The van der Waals surface area contributed by atoms with E-state index in [1.54, 1.807) is 0 Å². The fourth-order valence-electron chi connectivity index (χ4n) is 1.17. The molecule has 0 saturated carbocycles. The van der Waals surface area contributed by atoms with Gasteiger partial charge in [0.2, 0.25) is 0 Å². The zero-order valence-electron chi connectivity index (χ0n) is 6.95. The molecule has 2 fully saturated rings. The topological polar surface area (TPSA) is 50.4 Å². The Morgan fingerprint density at radius 1 is 1.42 bits per heavy atom. The van der Waals surface area contributed by atoms with Gasteiger partial charge >= 0.3 is 0 Å². The van der Waals surface area contributed by atoms with E-state index in [2.05, 4.69) is 17.4 Å². The van der Waals surface area contributed by atoms with Crippen molar-refractivity contribution in [2.24, 2.45) is 0 Å². The number of fused-ring (bicyclic) bond motifs is 1. The molecule has 0 aromatic heterocycles. The lowest BCUT2D eigenvalue weighted by Crippen LogP contribution is -2.70. The van der Waals surface area contributed by atoms with Crippen molar-refractivity contribution in [1.82, 2.24) is 10.9 Å². The van der Waals surface area contributed by atoms with Gasteiger partial charge in [-0.15, -0.1) is 0 Å². The molecule has 2 saturated heterocycles. The normalized spacial score (nSPS) is 31.7. The molecule has 0 bridgehead atoms. The summed E-state index contributed by atoms with van der Waals surface area (Å²) in [6.45, 7) is 4.92. The maximum Gasteiger partial charge on any atom is 0.142 e. The van der Waals surface area contributed by atoms with Crippen LogP contribution in [0, 0.1) is 0 Å². The van der Waals surface area contributed by atoms with E-state index in [0.717, 1.165) is 19.6 Å². The van der Waals surface area contributed by atoms with Crippen LogP contribution in [0.5, 0.6) is 0 Å². The van der Waals surface area contributed by atoms with Crippen molar-refractivity contribution in [1.29, 1.82) is 0 Å². The van der Waals surface area contributed by atoms with Gasteiger partial charge in [-0.05, 0) is 12.5 Å². The van der Waals surface area contributed by atoms with Crippen LogP contribution < -0.4 is 10.9 Å². The molecule has 0 aromatic rings. The van der Waals surface area contributed by atoms with Crippen molar-refractivity contribution in [2.45, 2.75) is 18.5 Å². The number of allylic oxidation sites excluding steroid dienone is 1. The van der Waals surface area contributed by atoms with Gasteiger partial charge in [-0.3, -0.25) is 15.6 Å². The van der Waals surface area contributed by atoms with Gasteiger partial charge in [-0.2, -0.15) is 0 Å². The number of hydrogen-bond donors (Lipinski definition) is 2. The summed E-state index contributed by atoms with van der Waals surface area (Å²) in [5, 5.41) is 0. The lowest BCUT2D eigenvalue weighted by atomic mass is 10.0. The first-order chi connectivity index (χ1) is 5.88. The molecule has 2 atom stereocenters. The highest BCUT2D eigenvalue weighted by Gasteiger charge is 2.32. The van der Waals surface area contributed by atoms with E-state index < -0.39 is 0 Å². The van der Waals surface area contributed by atoms with Gasteiger partial charge < -0.3 is 4.74 Å². The summed E-state index contributed by atoms with van der Waals surface area (Å²) in [6.07, 6.45) is 3.00. The van der Waals surface area contributed by atoms with E-state index in [0.29, 0.717) is 18.4 Å². The van der Waals surface area contributed by atoms with Gasteiger partial charge in [0.15, 0.2) is 0 Å². The van der Waals surface area contributed by atoms with E-state index in [9.17, 15) is 0 Å². The lowest BCUT2D eigenvalue weighted by molar-refractivity contribution is -0.104. The molecule has 4 nitrogen and oxygen atoms in total. The van der Waals surface area contributed by atoms with Gasteiger partial charge in [0, 0.05) is 12.6 Å². The number of carbonyl (C=O) groups is 1. The summed E-state index contributed by atoms with van der Waals surface area (Å²) in [6, 6.07) is 1.30. The molecule has 0 aliphatic carbocycles. The summed E-state index contributed by atoms with van der Waals surface area (Å²) in [5.41, 5.74) is 6.19. The summed E-state index contributed by atoms with van der Waals surface area (Å²) < 4.78 is 5.20. The third-order valence-corrected chi connectivity index (χ3v) is 1.91. The minimum absolute atomic E-state index is 0.601. The molecule has 0 aromatic carbocycles. The van der Waals surface area contributed by atoms with Crippen molar-refractivity contribution in [3.05, 3.63) is 12.7 Å². The number of hydrazine groups is 1. The van der Waals surface area contributed by atoms with E-state index >= 15 is 0 Å². The molecule has 0 radical (unpaired) electrons. The molecule has 2 rings (SSSR count). The second-order valence-electron chi connectivity index (χ2n) is 2.74. The summed E-state index contributed by atoms with van der Waals surface area (Å²) in [4.78, 5) is 9.06. The van der Waals surface area contributed by atoms with Crippen molar-refractivity contribution in [2.75, 3.05) is 13.2 Å². The minimum Gasteiger partial charge on any atom is -0.380 e. The highest BCUT2D eigenvalue weighted by molar-refractivity contribution is 5.63. The van der Waals surface area contributed by atoms with Crippen LogP contribution in [0.4, 0.5) is 0 Å². The van der Waals surface area contributed by atoms with Crippen LogP contribution in [0.2, 0.25) is 0 Å². The highest BCUT2D eigenvalue weighted by Crippen LogP contribution is 2.11. The van der Waals surface area contributed by atoms with Crippen LogP contribution in [0.25, 0.3) is 0 Å². The SMILES string of the molecule is C1CC2NNC2CO1.C=CC=O. The van der Waals surface area contributed by atoms with Crippen molar-refractivity contribution >= 4 is 6.29 Å². The molecular formula is C8H14N2O2. The van der Waals surface area contributed by atoms with Gasteiger partial charge in [0.25, 0.3) is 0 Å². The molecule has 2 unspecified atom stereocenters. The molecule has 2 aliphatic rings. The smallest absolute Gasteiger partial charge is 0.142 e. The van der Waals surface area contributed by atoms with Gasteiger partial charge in [0.05, 0.1) is 12.6 Å². The number of nitrogens with one attached hydrogen (secondary N) is 2. The van der Waals surface area contributed by atoms with E-state index in [1.165, 1.54) is 6.08 Å². The maximum atomic E-state index is 9.06. The van der Waals surface area contributed by atoms with Crippen LogP contribution in [-0.4, -0.2) is 31.6 Å². The minimum atomic E-state index is 0.601. The predicted molar refractivity (Wildman–Crippen MR) is 45.5 cm³/mol. The van der Waals surface area contributed by atoms with Crippen molar-refractivity contribution in [3.63, 3.8) is 0 Å². The lowest BCUT2D eigenvalue weighted by Gasteiger charge is -2.42. The Bertz CT molecular complexity index is 143. The molecule has 2 aliphatic heterocycles. The first kappa shape index (κ1) is 9.38. The number of carbonyl (C=O) groups excluding carboxylic acids is 1. The molecule has 2 heterocycles. The van der Waals surface area contributed by atoms with E-state index in [-0.39, 0.29) is 0 Å². The Labute approximate surface area is 71.9 Å². The van der Waals surface area contributed by atoms with Crippen LogP contribution >= 0.6 is 0 Å². The summed E-state index contributed by atoms with van der Waals surface area (Å²) in [5.74, 6) is 0. The number of ether oxygens (including phenoxy) is 1. The van der Waals surface area contributed by atoms with E-state index in [4.69, 9.17) is 9.53 Å². The molecule has 0 spiro atoms. The standard InChI is InChI=1S/C5H10N2O.C3H4O/c1-2-8-3-5-4(1)6-7-5;1-2-3-4/h4-7H,1-3H2;2-3H,1H2. The quantitative estimate of drug-likeness (QED) is 0.416. The first-order valence-electron chi connectivity index (χ1n) is 4.03. The molecule has 12 heavy (non-hydrogen) atoms. The second-order valence-corrected chi connectivity index (χ2v) is 2.74. The Kier molecular flexibility index (Phi) is 3.93. The van der Waals surface area contributed by atoms with E-state index in [1.807, 2.05) is 0 Å². The fraction of sp³-hybridized carbons (Fsp3) is 0.625. The predicted octanol–water partition coefficient (Wildman–Crippen LogP) is -0.377. The Balaban J connectivity index is 0.000000157. The first-order valence-corrected chi connectivity index (χ1v) is 4.03. The molecule has 2 N–H and O–H groups in total. The number of aldehydes is 1. The van der Waals surface area contributed by atoms with Crippen LogP contribution in [0.15, 0.2) is 12.7 Å². The fourth-order valence-corrected chi connectivity index (χ4v) is 1.17. The average Bonchev–Trinajstić information content (AvgIpc) is 2.08. The largest absolute Gasteiger partial charge is 0.380 e. The Hall–Kier alpha value is -0.710.